The summed E-state index contributed by atoms with van der Waals surface area (Å²) in [5.41, 5.74) is 0. The Morgan fingerprint density at radius 1 is 1.19 bits per heavy atom. The predicted molar refractivity (Wildman–Crippen MR) is 74.5 cm³/mol. The number of carbonyl (C=O) groups excluding carboxylic acids is 1. The van der Waals surface area contributed by atoms with E-state index in [1.54, 1.807) is 38.3 Å². The van der Waals surface area contributed by atoms with Gasteiger partial charge in [0.05, 0.1) is 13.7 Å². The molecular weight excluding hydrogens is 278 g/mol. The lowest BCUT2D eigenvalue weighted by molar-refractivity contribution is -0.148. The molecular formula is C14H19NO6. The van der Waals surface area contributed by atoms with Gasteiger partial charge in [-0.1, -0.05) is 0 Å². The van der Waals surface area contributed by atoms with Crippen molar-refractivity contribution < 1.29 is 28.9 Å². The largest absolute Gasteiger partial charge is 0.497 e. The van der Waals surface area contributed by atoms with E-state index >= 15 is 0 Å². The topological polar surface area (TPSA) is 94.1 Å². The zero-order chi connectivity index (χ0) is 15.8. The molecule has 0 heterocycles. The fraction of sp³-hybridized carbons (Fsp3) is 0.429. The molecule has 1 aromatic rings. The van der Waals surface area contributed by atoms with Crippen LogP contribution >= 0.6 is 0 Å². The van der Waals surface area contributed by atoms with Crippen molar-refractivity contribution in [2.24, 2.45) is 0 Å². The van der Waals surface area contributed by atoms with Crippen LogP contribution in [0, 0.1) is 0 Å². The zero-order valence-electron chi connectivity index (χ0n) is 12.2. The lowest BCUT2D eigenvalue weighted by Gasteiger charge is -2.16. The number of benzene rings is 1. The van der Waals surface area contributed by atoms with Crippen LogP contribution in [0.5, 0.6) is 11.5 Å². The Labute approximate surface area is 122 Å². The van der Waals surface area contributed by atoms with Crippen LogP contribution in [0.2, 0.25) is 0 Å². The van der Waals surface area contributed by atoms with Crippen LogP contribution < -0.4 is 14.8 Å². The fourth-order valence-electron chi connectivity index (χ4n) is 1.52. The third kappa shape index (κ3) is 5.31. The summed E-state index contributed by atoms with van der Waals surface area (Å²) in [5.74, 6) is -0.362. The Kier molecular flexibility index (Phi) is 6.48. The van der Waals surface area contributed by atoms with E-state index in [-0.39, 0.29) is 6.54 Å². The highest BCUT2D eigenvalue weighted by Gasteiger charge is 2.20. The summed E-state index contributed by atoms with van der Waals surface area (Å²) in [4.78, 5) is 22.5. The average Bonchev–Trinajstić information content (AvgIpc) is 2.48. The van der Waals surface area contributed by atoms with Crippen LogP contribution in [0.15, 0.2) is 24.3 Å². The summed E-state index contributed by atoms with van der Waals surface area (Å²) in [5, 5.41) is 11.3. The van der Waals surface area contributed by atoms with Gasteiger partial charge < -0.3 is 24.6 Å². The number of rotatable bonds is 8. The van der Waals surface area contributed by atoms with E-state index < -0.39 is 24.1 Å². The summed E-state index contributed by atoms with van der Waals surface area (Å²) in [7, 11) is 2.82. The Morgan fingerprint density at radius 2 is 1.76 bits per heavy atom. The molecule has 7 nitrogen and oxygen atoms in total. The molecule has 2 atom stereocenters. The summed E-state index contributed by atoms with van der Waals surface area (Å²) < 4.78 is 15.2. The molecule has 0 saturated heterocycles. The van der Waals surface area contributed by atoms with Gasteiger partial charge in [0.2, 0.25) is 0 Å². The number of carboxylic acid groups (broad SMARTS) is 1. The minimum Gasteiger partial charge on any atom is -0.497 e. The molecule has 116 valence electrons. The second-order valence-corrected chi connectivity index (χ2v) is 4.24. The first-order valence-corrected chi connectivity index (χ1v) is 6.32. The lowest BCUT2D eigenvalue weighted by atomic mass is 10.3. The molecule has 7 heteroatoms. The molecule has 0 bridgehead atoms. The van der Waals surface area contributed by atoms with Gasteiger partial charge in [-0.25, -0.2) is 4.79 Å². The minimum absolute atomic E-state index is 0.124. The lowest BCUT2D eigenvalue weighted by Crippen LogP contribution is -2.43. The molecule has 0 aliphatic heterocycles. The molecule has 0 spiro atoms. The quantitative estimate of drug-likeness (QED) is 0.733. The van der Waals surface area contributed by atoms with Crippen LogP contribution in [0.3, 0.4) is 0 Å². The molecule has 1 amide bonds. The van der Waals surface area contributed by atoms with E-state index in [1.165, 1.54) is 7.11 Å². The highest BCUT2D eigenvalue weighted by molar-refractivity contribution is 5.81. The number of methoxy groups -OCH3 is 2. The molecule has 2 unspecified atom stereocenters. The van der Waals surface area contributed by atoms with E-state index in [0.717, 1.165) is 0 Å². The zero-order valence-corrected chi connectivity index (χ0v) is 12.2. The van der Waals surface area contributed by atoms with Gasteiger partial charge in [-0.05, 0) is 31.2 Å². The highest BCUT2D eigenvalue weighted by Crippen LogP contribution is 2.18. The maximum absolute atomic E-state index is 11.8. The minimum atomic E-state index is -1.14. The third-order valence-corrected chi connectivity index (χ3v) is 2.76. The Morgan fingerprint density at radius 3 is 2.24 bits per heavy atom. The summed E-state index contributed by atoms with van der Waals surface area (Å²) in [6.45, 7) is 1.45. The molecule has 21 heavy (non-hydrogen) atoms. The molecule has 2 N–H and O–H groups in total. The van der Waals surface area contributed by atoms with Crippen LogP contribution in [0.25, 0.3) is 0 Å². The van der Waals surface area contributed by atoms with E-state index in [4.69, 9.17) is 19.3 Å². The molecule has 0 saturated carbocycles. The summed E-state index contributed by atoms with van der Waals surface area (Å²) in [6.07, 6.45) is -1.84. The smallest absolute Gasteiger partial charge is 0.334 e. The van der Waals surface area contributed by atoms with Crippen molar-refractivity contribution in [3.8, 4) is 11.5 Å². The van der Waals surface area contributed by atoms with E-state index in [2.05, 4.69) is 5.32 Å². The van der Waals surface area contributed by atoms with Crippen LogP contribution in [-0.4, -0.2) is 50.0 Å². The molecule has 0 radical (unpaired) electrons. The first-order valence-electron chi connectivity index (χ1n) is 6.32. The number of hydrogen-bond donors (Lipinski definition) is 2. The van der Waals surface area contributed by atoms with Gasteiger partial charge in [-0.2, -0.15) is 0 Å². The van der Waals surface area contributed by atoms with Crippen LogP contribution in [0.1, 0.15) is 6.92 Å². The van der Waals surface area contributed by atoms with Gasteiger partial charge in [0.25, 0.3) is 5.91 Å². The molecule has 0 aliphatic rings. The van der Waals surface area contributed by atoms with Gasteiger partial charge in [-0.15, -0.1) is 0 Å². The first kappa shape index (κ1) is 16.8. The second-order valence-electron chi connectivity index (χ2n) is 4.24. The monoisotopic (exact) mass is 297 g/mol. The van der Waals surface area contributed by atoms with Crippen molar-refractivity contribution >= 4 is 11.9 Å². The number of carboxylic acids is 1. The molecule has 1 aromatic carbocycles. The maximum atomic E-state index is 11.8. The number of amides is 1. The fourth-order valence-corrected chi connectivity index (χ4v) is 1.52. The predicted octanol–water partition coefficient (Wildman–Crippen LogP) is 0.678. The summed E-state index contributed by atoms with van der Waals surface area (Å²) in [6, 6.07) is 6.78. The summed E-state index contributed by atoms with van der Waals surface area (Å²) >= 11 is 0. The number of aliphatic carboxylic acids is 1. The van der Waals surface area contributed by atoms with Gasteiger partial charge in [0, 0.05) is 7.11 Å². The second kappa shape index (κ2) is 8.11. The van der Waals surface area contributed by atoms with Crippen molar-refractivity contribution in [3.05, 3.63) is 24.3 Å². The SMILES string of the molecule is COc1ccc(OC(C)C(=O)NCC(OC)C(=O)O)cc1. The average molecular weight is 297 g/mol. The van der Waals surface area contributed by atoms with E-state index in [9.17, 15) is 9.59 Å². The Hall–Kier alpha value is -2.28. The van der Waals surface area contributed by atoms with Gasteiger partial charge in [0.15, 0.2) is 12.2 Å². The molecule has 0 aliphatic carbocycles. The first-order chi connectivity index (χ1) is 9.97. The number of ether oxygens (including phenoxy) is 3. The maximum Gasteiger partial charge on any atom is 0.334 e. The van der Waals surface area contributed by atoms with Crippen molar-refractivity contribution in [2.75, 3.05) is 20.8 Å². The normalized spacial score (nSPS) is 13.1. The van der Waals surface area contributed by atoms with Gasteiger partial charge >= 0.3 is 5.97 Å². The highest BCUT2D eigenvalue weighted by atomic mass is 16.5. The van der Waals surface area contributed by atoms with Crippen LogP contribution in [0.4, 0.5) is 0 Å². The Bertz CT molecular complexity index is 473. The van der Waals surface area contributed by atoms with Gasteiger partial charge in [-0.3, -0.25) is 4.79 Å². The third-order valence-electron chi connectivity index (χ3n) is 2.76. The number of hydrogen-bond acceptors (Lipinski definition) is 5. The van der Waals surface area contributed by atoms with E-state index in [1.807, 2.05) is 0 Å². The number of carbonyl (C=O) groups is 2. The van der Waals surface area contributed by atoms with Crippen molar-refractivity contribution in [1.29, 1.82) is 0 Å². The van der Waals surface area contributed by atoms with Crippen LogP contribution in [-0.2, 0) is 14.3 Å². The Balaban J connectivity index is 2.48. The number of nitrogens with one attached hydrogen (secondary N) is 1. The van der Waals surface area contributed by atoms with Gasteiger partial charge in [0.1, 0.15) is 11.5 Å². The van der Waals surface area contributed by atoms with Crippen molar-refractivity contribution in [1.82, 2.24) is 5.32 Å². The van der Waals surface area contributed by atoms with E-state index in [0.29, 0.717) is 11.5 Å². The molecule has 0 fully saturated rings. The van der Waals surface area contributed by atoms with Crippen molar-refractivity contribution in [2.45, 2.75) is 19.1 Å². The molecule has 0 aromatic heterocycles. The van der Waals surface area contributed by atoms with Crippen molar-refractivity contribution in [3.63, 3.8) is 0 Å². The molecule has 1 rings (SSSR count). The standard InChI is InChI=1S/C14H19NO6/c1-9(13(16)15-8-12(20-3)14(17)18)21-11-6-4-10(19-2)5-7-11/h4-7,9,12H,8H2,1-3H3,(H,15,16)(H,17,18).